The molecule has 0 bridgehead atoms. The Hall–Kier alpha value is -1.92. The van der Waals surface area contributed by atoms with E-state index in [1.807, 2.05) is 31.2 Å². The highest BCUT2D eigenvalue weighted by Crippen LogP contribution is 2.54. The van der Waals surface area contributed by atoms with Gasteiger partial charge in [-0.25, -0.2) is 8.42 Å². The summed E-state index contributed by atoms with van der Waals surface area (Å²) in [5, 5.41) is -0.605. The average Bonchev–Trinajstić information content (AvgIpc) is 3.32. The number of thiocarbonyl (C=S) groups is 1. The molecule has 126 valence electrons. The van der Waals surface area contributed by atoms with E-state index in [9.17, 15) is 8.42 Å². The summed E-state index contributed by atoms with van der Waals surface area (Å²) in [4.78, 5) is 0.562. The molecule has 0 unspecified atom stereocenters. The van der Waals surface area contributed by atoms with Gasteiger partial charge in [-0.15, -0.1) is 0 Å². The van der Waals surface area contributed by atoms with Gasteiger partial charge in [-0.1, -0.05) is 42.0 Å². The van der Waals surface area contributed by atoms with Gasteiger partial charge < -0.3 is 10.5 Å². The second-order valence-corrected chi connectivity index (χ2v) is 8.63. The highest BCUT2D eigenvalue weighted by atomic mass is 32.2. The van der Waals surface area contributed by atoms with Crippen LogP contribution in [0.15, 0.2) is 53.4 Å². The first-order valence-electron chi connectivity index (χ1n) is 7.60. The summed E-state index contributed by atoms with van der Waals surface area (Å²) >= 11 is 5.11. The van der Waals surface area contributed by atoms with E-state index in [2.05, 4.69) is 0 Å². The third-order valence-electron chi connectivity index (χ3n) is 4.49. The molecule has 0 saturated heterocycles. The van der Waals surface area contributed by atoms with Crippen LogP contribution in [-0.4, -0.2) is 25.8 Å². The number of ether oxygens (including phenoxy) is 1. The molecule has 0 heterocycles. The lowest BCUT2D eigenvalue weighted by Crippen LogP contribution is -2.17. The van der Waals surface area contributed by atoms with E-state index < -0.39 is 15.1 Å². The second-order valence-electron chi connectivity index (χ2n) is 6.05. The molecular weight excluding hydrogens is 342 g/mol. The molecule has 0 amide bonds. The Kier molecular flexibility index (Phi) is 4.36. The molecule has 1 saturated carbocycles. The summed E-state index contributed by atoms with van der Waals surface area (Å²) in [6.07, 6.45) is 0. The third kappa shape index (κ3) is 2.91. The molecule has 2 N–H and O–H groups in total. The molecule has 0 aromatic heterocycles. The maximum absolute atomic E-state index is 13.0. The van der Waals surface area contributed by atoms with E-state index >= 15 is 0 Å². The van der Waals surface area contributed by atoms with Crippen LogP contribution in [0.2, 0.25) is 0 Å². The van der Waals surface area contributed by atoms with Crippen LogP contribution >= 0.6 is 12.2 Å². The van der Waals surface area contributed by atoms with E-state index in [4.69, 9.17) is 22.7 Å². The fourth-order valence-electron chi connectivity index (χ4n) is 3.12. The zero-order chi connectivity index (χ0) is 17.5. The van der Waals surface area contributed by atoms with Crippen molar-refractivity contribution in [3.63, 3.8) is 0 Å². The Bertz CT molecular complexity index is 858. The number of aryl methyl sites for hydroxylation is 1. The van der Waals surface area contributed by atoms with Crippen LogP contribution in [0.25, 0.3) is 0 Å². The molecule has 1 fully saturated rings. The van der Waals surface area contributed by atoms with Crippen molar-refractivity contribution in [3.05, 3.63) is 59.7 Å². The minimum absolute atomic E-state index is 0.209. The van der Waals surface area contributed by atoms with E-state index in [0.29, 0.717) is 4.90 Å². The van der Waals surface area contributed by atoms with E-state index in [1.54, 1.807) is 31.4 Å². The topological polar surface area (TPSA) is 69.4 Å². The van der Waals surface area contributed by atoms with Crippen LogP contribution in [0.4, 0.5) is 0 Å². The largest absolute Gasteiger partial charge is 0.497 e. The number of methoxy groups -OCH3 is 1. The average molecular weight is 361 g/mol. The summed E-state index contributed by atoms with van der Waals surface area (Å²) in [6.45, 7) is 1.92. The third-order valence-corrected chi connectivity index (χ3v) is 7.00. The van der Waals surface area contributed by atoms with Crippen LogP contribution in [0.5, 0.6) is 5.75 Å². The zero-order valence-electron chi connectivity index (χ0n) is 13.5. The quantitative estimate of drug-likeness (QED) is 0.830. The first kappa shape index (κ1) is 16.9. The van der Waals surface area contributed by atoms with Crippen molar-refractivity contribution in [2.45, 2.75) is 23.0 Å². The number of benzene rings is 2. The van der Waals surface area contributed by atoms with Crippen molar-refractivity contribution in [1.29, 1.82) is 0 Å². The molecule has 1 aliphatic rings. The number of hydrogen-bond donors (Lipinski definition) is 1. The Morgan fingerprint density at radius 2 is 1.67 bits per heavy atom. The molecule has 2 aromatic rings. The Balaban J connectivity index is 1.96. The predicted octanol–water partition coefficient (Wildman–Crippen LogP) is 2.85. The minimum Gasteiger partial charge on any atom is -0.497 e. The minimum atomic E-state index is -3.49. The van der Waals surface area contributed by atoms with Gasteiger partial charge in [0.05, 0.1) is 22.2 Å². The molecule has 0 radical (unpaired) electrons. The molecule has 4 nitrogen and oxygen atoms in total. The van der Waals surface area contributed by atoms with Crippen molar-refractivity contribution in [3.8, 4) is 5.75 Å². The number of sulfone groups is 1. The van der Waals surface area contributed by atoms with Crippen molar-refractivity contribution in [1.82, 2.24) is 0 Å². The fourth-order valence-corrected chi connectivity index (χ4v) is 5.65. The van der Waals surface area contributed by atoms with E-state index in [1.165, 1.54) is 0 Å². The van der Waals surface area contributed by atoms with Crippen LogP contribution in [-0.2, 0) is 9.84 Å². The highest BCUT2D eigenvalue weighted by molar-refractivity contribution is 7.92. The van der Waals surface area contributed by atoms with Gasteiger partial charge in [-0.05, 0) is 36.8 Å². The van der Waals surface area contributed by atoms with Crippen LogP contribution in [0.3, 0.4) is 0 Å². The molecule has 1 aliphatic carbocycles. The van der Waals surface area contributed by atoms with Crippen LogP contribution in [0.1, 0.15) is 17.0 Å². The van der Waals surface area contributed by atoms with Crippen molar-refractivity contribution >= 4 is 27.0 Å². The molecule has 3 rings (SSSR count). The predicted molar refractivity (Wildman–Crippen MR) is 98.2 cm³/mol. The Morgan fingerprint density at radius 1 is 1.08 bits per heavy atom. The second kappa shape index (κ2) is 6.18. The SMILES string of the molecule is COc1ccc([C@@H]2[C@H](C(N)=S)[C@H]2S(=O)(=O)c2ccc(C)cc2)cc1. The normalized spacial score (nSPS) is 22.8. The molecular formula is C18H19NO3S2. The lowest BCUT2D eigenvalue weighted by atomic mass is 10.1. The number of rotatable bonds is 5. The van der Waals surface area contributed by atoms with Crippen LogP contribution in [0, 0.1) is 12.8 Å². The summed E-state index contributed by atoms with van der Waals surface area (Å²) < 4.78 is 31.1. The summed E-state index contributed by atoms with van der Waals surface area (Å²) in [5.41, 5.74) is 7.74. The van der Waals surface area contributed by atoms with E-state index in [0.717, 1.165) is 16.9 Å². The number of nitrogens with two attached hydrogens (primary N) is 1. The maximum Gasteiger partial charge on any atom is 0.182 e. The van der Waals surface area contributed by atoms with Gasteiger partial charge in [0.15, 0.2) is 9.84 Å². The number of hydrogen-bond acceptors (Lipinski definition) is 4. The van der Waals surface area contributed by atoms with Crippen molar-refractivity contribution in [2.75, 3.05) is 7.11 Å². The molecule has 2 aromatic carbocycles. The molecule has 3 atom stereocenters. The first-order valence-corrected chi connectivity index (χ1v) is 9.55. The summed E-state index contributed by atoms with van der Waals surface area (Å²) in [6, 6.07) is 14.3. The van der Waals surface area contributed by atoms with Crippen molar-refractivity contribution < 1.29 is 13.2 Å². The lowest BCUT2D eigenvalue weighted by Gasteiger charge is -2.05. The smallest absolute Gasteiger partial charge is 0.182 e. The maximum atomic E-state index is 13.0. The van der Waals surface area contributed by atoms with Crippen LogP contribution < -0.4 is 10.5 Å². The molecule has 24 heavy (non-hydrogen) atoms. The van der Waals surface area contributed by atoms with E-state index in [-0.39, 0.29) is 16.8 Å². The Labute approximate surface area is 147 Å². The Morgan fingerprint density at radius 3 is 2.17 bits per heavy atom. The van der Waals surface area contributed by atoms with Crippen molar-refractivity contribution in [2.24, 2.45) is 11.7 Å². The summed E-state index contributed by atoms with van der Waals surface area (Å²) in [7, 11) is -1.90. The summed E-state index contributed by atoms with van der Waals surface area (Å²) in [5.74, 6) is 0.184. The fraction of sp³-hybridized carbons (Fsp3) is 0.278. The standard InChI is InChI=1S/C18H19NO3S2/c1-11-3-9-14(10-4-11)24(20,21)17-15(16(17)18(19)23)12-5-7-13(22-2)8-6-12/h3-10,15-17H,1-2H3,(H2,19,23)/t15-,16+,17+/m1/s1. The first-order chi connectivity index (χ1) is 11.4. The van der Waals surface area contributed by atoms with Gasteiger partial charge in [0.25, 0.3) is 0 Å². The zero-order valence-corrected chi connectivity index (χ0v) is 15.1. The van der Waals surface area contributed by atoms with Gasteiger partial charge in [-0.2, -0.15) is 0 Å². The molecule has 0 spiro atoms. The van der Waals surface area contributed by atoms with Gasteiger partial charge >= 0.3 is 0 Å². The molecule has 6 heteroatoms. The molecule has 0 aliphatic heterocycles. The monoisotopic (exact) mass is 361 g/mol. The van der Waals surface area contributed by atoms with Gasteiger partial charge in [0.1, 0.15) is 5.75 Å². The highest BCUT2D eigenvalue weighted by Gasteiger charge is 2.60. The van der Waals surface area contributed by atoms with Gasteiger partial charge in [0.2, 0.25) is 0 Å². The van der Waals surface area contributed by atoms with Gasteiger partial charge in [-0.3, -0.25) is 0 Å². The lowest BCUT2D eigenvalue weighted by molar-refractivity contribution is 0.414. The van der Waals surface area contributed by atoms with Gasteiger partial charge in [0, 0.05) is 11.8 Å².